The third kappa shape index (κ3) is 5.39. The van der Waals surface area contributed by atoms with E-state index in [1.165, 1.54) is 29.5 Å². The minimum atomic E-state index is -0.0175. The van der Waals surface area contributed by atoms with E-state index in [2.05, 4.69) is 66.1 Å². The predicted molar refractivity (Wildman–Crippen MR) is 128 cm³/mol. The first kappa shape index (κ1) is 20.4. The standard InChI is InChI=1S/C26H28N2OS/c1-19-8-7-11-21(18-19)25(20-9-3-2-4-10-20)28-26(30)27-22-14-16-24(17-15-22)29-23-12-5-6-13-23/h2-4,7-11,14-18,23,25H,5-6,12-13H2,1H3,(H2,27,28,30). The van der Waals surface area contributed by atoms with Crippen molar-refractivity contribution >= 4 is 23.0 Å². The van der Waals surface area contributed by atoms with E-state index in [4.69, 9.17) is 17.0 Å². The molecule has 154 valence electrons. The van der Waals surface area contributed by atoms with Crippen molar-refractivity contribution in [1.29, 1.82) is 0 Å². The van der Waals surface area contributed by atoms with Crippen LogP contribution in [0.15, 0.2) is 78.9 Å². The second kappa shape index (κ2) is 9.77. The molecule has 0 bridgehead atoms. The Balaban J connectivity index is 1.43. The van der Waals surface area contributed by atoms with Crippen LogP contribution in [0.3, 0.4) is 0 Å². The molecular weight excluding hydrogens is 388 g/mol. The first-order valence-corrected chi connectivity index (χ1v) is 11.0. The number of nitrogens with one attached hydrogen (secondary N) is 2. The SMILES string of the molecule is Cc1cccc(C(NC(=S)Nc2ccc(OC3CCCC3)cc2)c2ccccc2)c1. The first-order chi connectivity index (χ1) is 14.7. The number of benzene rings is 3. The smallest absolute Gasteiger partial charge is 0.171 e. The van der Waals surface area contributed by atoms with E-state index in [0.717, 1.165) is 24.3 Å². The van der Waals surface area contributed by atoms with Gasteiger partial charge in [-0.3, -0.25) is 0 Å². The Morgan fingerprint density at radius 3 is 2.30 bits per heavy atom. The summed E-state index contributed by atoms with van der Waals surface area (Å²) in [5.74, 6) is 0.924. The van der Waals surface area contributed by atoms with E-state index in [1.807, 2.05) is 30.3 Å². The summed E-state index contributed by atoms with van der Waals surface area (Å²) in [5, 5.41) is 7.39. The van der Waals surface area contributed by atoms with Crippen LogP contribution in [0.1, 0.15) is 48.4 Å². The molecule has 0 heterocycles. The second-order valence-corrected chi connectivity index (χ2v) is 8.31. The lowest BCUT2D eigenvalue weighted by Crippen LogP contribution is -2.33. The van der Waals surface area contributed by atoms with Crippen molar-refractivity contribution in [3.05, 3.63) is 95.6 Å². The monoisotopic (exact) mass is 416 g/mol. The molecule has 0 saturated heterocycles. The van der Waals surface area contributed by atoms with Gasteiger partial charge in [-0.25, -0.2) is 0 Å². The van der Waals surface area contributed by atoms with Gasteiger partial charge in [-0.05, 0) is 80.2 Å². The summed E-state index contributed by atoms with van der Waals surface area (Å²) >= 11 is 5.64. The molecule has 2 N–H and O–H groups in total. The van der Waals surface area contributed by atoms with E-state index in [0.29, 0.717) is 11.2 Å². The molecule has 3 aromatic carbocycles. The van der Waals surface area contributed by atoms with E-state index >= 15 is 0 Å². The molecule has 0 spiro atoms. The maximum absolute atomic E-state index is 6.05. The second-order valence-electron chi connectivity index (χ2n) is 7.90. The fraction of sp³-hybridized carbons (Fsp3) is 0.269. The molecule has 30 heavy (non-hydrogen) atoms. The molecule has 4 rings (SSSR count). The van der Waals surface area contributed by atoms with Crippen LogP contribution in [-0.2, 0) is 0 Å². The Morgan fingerprint density at radius 1 is 0.900 bits per heavy atom. The van der Waals surface area contributed by atoms with Crippen molar-refractivity contribution in [1.82, 2.24) is 5.32 Å². The van der Waals surface area contributed by atoms with Crippen LogP contribution in [0.4, 0.5) is 5.69 Å². The van der Waals surface area contributed by atoms with E-state index in [1.54, 1.807) is 0 Å². The van der Waals surface area contributed by atoms with Gasteiger partial charge in [0.1, 0.15) is 5.75 Å². The molecule has 0 amide bonds. The predicted octanol–water partition coefficient (Wildman–Crippen LogP) is 6.39. The number of aryl methyl sites for hydroxylation is 1. The fourth-order valence-corrected chi connectivity index (χ4v) is 4.20. The highest BCUT2D eigenvalue weighted by molar-refractivity contribution is 7.80. The molecule has 1 atom stereocenters. The molecule has 3 aromatic rings. The van der Waals surface area contributed by atoms with Gasteiger partial charge in [0, 0.05) is 5.69 Å². The Morgan fingerprint density at radius 2 is 1.60 bits per heavy atom. The van der Waals surface area contributed by atoms with Crippen LogP contribution in [-0.4, -0.2) is 11.2 Å². The Bertz CT molecular complexity index is 966. The minimum absolute atomic E-state index is 0.0175. The summed E-state index contributed by atoms with van der Waals surface area (Å²) in [7, 11) is 0. The normalized spacial score (nSPS) is 14.8. The van der Waals surface area contributed by atoms with Crippen LogP contribution in [0.5, 0.6) is 5.75 Å². The number of anilines is 1. The number of ether oxygens (including phenoxy) is 1. The molecule has 0 radical (unpaired) electrons. The van der Waals surface area contributed by atoms with Crippen LogP contribution in [0, 0.1) is 6.92 Å². The van der Waals surface area contributed by atoms with Gasteiger partial charge in [0.05, 0.1) is 12.1 Å². The summed E-state index contributed by atoms with van der Waals surface area (Å²) in [4.78, 5) is 0. The third-order valence-electron chi connectivity index (χ3n) is 5.50. The third-order valence-corrected chi connectivity index (χ3v) is 5.72. The highest BCUT2D eigenvalue weighted by atomic mass is 32.1. The van der Waals surface area contributed by atoms with Crippen molar-refractivity contribution in [2.45, 2.75) is 44.8 Å². The van der Waals surface area contributed by atoms with Gasteiger partial charge in [0.2, 0.25) is 0 Å². The molecule has 1 aliphatic rings. The molecule has 1 fully saturated rings. The van der Waals surface area contributed by atoms with Gasteiger partial charge in [-0.2, -0.15) is 0 Å². The maximum Gasteiger partial charge on any atom is 0.171 e. The van der Waals surface area contributed by atoms with Gasteiger partial charge in [0.25, 0.3) is 0 Å². The van der Waals surface area contributed by atoms with Crippen molar-refractivity contribution in [2.24, 2.45) is 0 Å². The van der Waals surface area contributed by atoms with Crippen molar-refractivity contribution < 1.29 is 4.74 Å². The van der Waals surface area contributed by atoms with Gasteiger partial charge < -0.3 is 15.4 Å². The molecule has 1 unspecified atom stereocenters. The molecule has 1 saturated carbocycles. The van der Waals surface area contributed by atoms with Crippen molar-refractivity contribution in [3.63, 3.8) is 0 Å². The molecule has 4 heteroatoms. The van der Waals surface area contributed by atoms with Crippen LogP contribution in [0.25, 0.3) is 0 Å². The molecular formula is C26H28N2OS. The lowest BCUT2D eigenvalue weighted by Gasteiger charge is -2.22. The summed E-state index contributed by atoms with van der Waals surface area (Å²) in [5.41, 5.74) is 4.53. The average Bonchev–Trinajstić information content (AvgIpc) is 3.27. The Hall–Kier alpha value is -2.85. The zero-order chi connectivity index (χ0) is 20.8. The number of rotatable bonds is 6. The van der Waals surface area contributed by atoms with Crippen molar-refractivity contribution in [2.75, 3.05) is 5.32 Å². The van der Waals surface area contributed by atoms with E-state index < -0.39 is 0 Å². The summed E-state index contributed by atoms with van der Waals surface area (Å²) in [6.45, 7) is 2.11. The van der Waals surface area contributed by atoms with Gasteiger partial charge >= 0.3 is 0 Å². The minimum Gasteiger partial charge on any atom is -0.490 e. The molecule has 0 aromatic heterocycles. The van der Waals surface area contributed by atoms with E-state index in [-0.39, 0.29) is 6.04 Å². The topological polar surface area (TPSA) is 33.3 Å². The fourth-order valence-electron chi connectivity index (χ4n) is 3.97. The maximum atomic E-state index is 6.05. The van der Waals surface area contributed by atoms with E-state index in [9.17, 15) is 0 Å². The molecule has 0 aliphatic heterocycles. The summed E-state index contributed by atoms with van der Waals surface area (Å²) < 4.78 is 6.05. The molecule has 1 aliphatic carbocycles. The van der Waals surface area contributed by atoms with Gasteiger partial charge in [-0.1, -0.05) is 60.2 Å². The Labute approximate surface area is 184 Å². The highest BCUT2D eigenvalue weighted by Crippen LogP contribution is 2.26. The average molecular weight is 417 g/mol. The van der Waals surface area contributed by atoms with Crippen LogP contribution < -0.4 is 15.4 Å². The Kier molecular flexibility index (Phi) is 6.65. The van der Waals surface area contributed by atoms with Gasteiger partial charge in [0.15, 0.2) is 5.11 Å². The lowest BCUT2D eigenvalue weighted by atomic mass is 9.97. The summed E-state index contributed by atoms with van der Waals surface area (Å²) in [6, 6.07) is 27.0. The van der Waals surface area contributed by atoms with Crippen molar-refractivity contribution in [3.8, 4) is 5.75 Å². The summed E-state index contributed by atoms with van der Waals surface area (Å²) in [6.07, 6.45) is 5.23. The van der Waals surface area contributed by atoms with Crippen LogP contribution in [0.2, 0.25) is 0 Å². The highest BCUT2D eigenvalue weighted by Gasteiger charge is 2.17. The first-order valence-electron chi connectivity index (χ1n) is 10.6. The largest absolute Gasteiger partial charge is 0.490 e. The molecule has 3 nitrogen and oxygen atoms in total. The lowest BCUT2D eigenvalue weighted by molar-refractivity contribution is 0.210. The van der Waals surface area contributed by atoms with Crippen LogP contribution >= 0.6 is 12.2 Å². The number of hydrogen-bond donors (Lipinski definition) is 2. The number of thiocarbonyl (C=S) groups is 1. The zero-order valence-electron chi connectivity index (χ0n) is 17.3. The van der Waals surface area contributed by atoms with Gasteiger partial charge in [-0.15, -0.1) is 0 Å². The quantitative estimate of drug-likeness (QED) is 0.456. The number of hydrogen-bond acceptors (Lipinski definition) is 2. The zero-order valence-corrected chi connectivity index (χ0v) is 18.1.